The molecule has 0 bridgehead atoms. The Morgan fingerprint density at radius 2 is 1.71 bits per heavy atom. The number of aromatic nitrogens is 3. The first-order valence-electron chi connectivity index (χ1n) is 11.1. The summed E-state index contributed by atoms with van der Waals surface area (Å²) in [7, 11) is 1.36. The van der Waals surface area contributed by atoms with E-state index in [4.69, 9.17) is 31.0 Å². The molecule has 4 rings (SSSR count). The fourth-order valence-corrected chi connectivity index (χ4v) is 4.23. The summed E-state index contributed by atoms with van der Waals surface area (Å²) in [5.74, 6) is 0.181. The lowest BCUT2D eigenvalue weighted by Crippen LogP contribution is -2.29. The summed E-state index contributed by atoms with van der Waals surface area (Å²) in [6.07, 6.45) is -0.952. The highest BCUT2D eigenvalue weighted by Gasteiger charge is 2.34. The van der Waals surface area contributed by atoms with Gasteiger partial charge in [0, 0.05) is 16.3 Å². The van der Waals surface area contributed by atoms with E-state index < -0.39 is 17.7 Å². The van der Waals surface area contributed by atoms with Gasteiger partial charge in [-0.2, -0.15) is 0 Å². The summed E-state index contributed by atoms with van der Waals surface area (Å²) in [5, 5.41) is 0.627. The number of carbonyl (C=O) groups is 1. The van der Waals surface area contributed by atoms with Gasteiger partial charge in [-0.25, -0.2) is 14.8 Å². The van der Waals surface area contributed by atoms with Crippen LogP contribution in [0, 0.1) is 13.8 Å². The molecular formula is C27H28ClN3O3. The SMILES string of the molecule is COC(=O)[C@@H](OC(C)(C)C)c1c(C)nc(-c2nc3ccccc3[nH]2)c(C)c1-c1ccc(Cl)cc1. The van der Waals surface area contributed by atoms with Crippen LogP contribution >= 0.6 is 11.6 Å². The van der Waals surface area contributed by atoms with Crippen molar-refractivity contribution in [1.29, 1.82) is 0 Å². The predicted octanol–water partition coefficient (Wildman–Crippen LogP) is 6.59. The minimum atomic E-state index is -0.952. The molecule has 6 nitrogen and oxygen atoms in total. The van der Waals surface area contributed by atoms with E-state index in [2.05, 4.69) is 4.98 Å². The molecule has 0 aliphatic heterocycles. The summed E-state index contributed by atoms with van der Waals surface area (Å²) in [4.78, 5) is 26.0. The molecule has 2 aromatic carbocycles. The maximum Gasteiger partial charge on any atom is 0.339 e. The van der Waals surface area contributed by atoms with E-state index >= 15 is 0 Å². The molecule has 176 valence electrons. The Labute approximate surface area is 204 Å². The average molecular weight is 478 g/mol. The molecule has 2 aromatic heterocycles. The third kappa shape index (κ3) is 4.69. The van der Waals surface area contributed by atoms with Gasteiger partial charge in [0.05, 0.1) is 23.7 Å². The Morgan fingerprint density at radius 3 is 2.32 bits per heavy atom. The first-order valence-corrected chi connectivity index (χ1v) is 11.4. The minimum Gasteiger partial charge on any atom is -0.467 e. The van der Waals surface area contributed by atoms with Crippen LogP contribution in [0.15, 0.2) is 48.5 Å². The molecule has 1 N–H and O–H groups in total. The zero-order chi connectivity index (χ0) is 24.6. The normalized spacial score (nSPS) is 12.7. The van der Waals surface area contributed by atoms with Crippen molar-refractivity contribution < 1.29 is 14.3 Å². The van der Waals surface area contributed by atoms with E-state index in [0.717, 1.165) is 27.7 Å². The van der Waals surface area contributed by atoms with E-state index in [0.29, 0.717) is 27.8 Å². The van der Waals surface area contributed by atoms with E-state index in [1.165, 1.54) is 7.11 Å². The highest BCUT2D eigenvalue weighted by molar-refractivity contribution is 6.30. The summed E-state index contributed by atoms with van der Waals surface area (Å²) in [5.41, 5.74) is 5.84. The second-order valence-electron chi connectivity index (χ2n) is 9.20. The number of H-pyrrole nitrogens is 1. The van der Waals surface area contributed by atoms with Crippen LogP contribution in [0.3, 0.4) is 0 Å². The van der Waals surface area contributed by atoms with E-state index in [1.807, 2.05) is 83.1 Å². The number of carbonyl (C=O) groups excluding carboxylic acids is 1. The molecule has 0 aliphatic carbocycles. The summed E-state index contributed by atoms with van der Waals surface area (Å²) >= 11 is 6.18. The van der Waals surface area contributed by atoms with Crippen LogP contribution in [0.5, 0.6) is 0 Å². The van der Waals surface area contributed by atoms with Gasteiger partial charge in [-0.1, -0.05) is 35.9 Å². The third-order valence-corrected chi connectivity index (χ3v) is 5.82. The Morgan fingerprint density at radius 1 is 1.03 bits per heavy atom. The quantitative estimate of drug-likeness (QED) is 0.328. The highest BCUT2D eigenvalue weighted by atomic mass is 35.5. The first-order chi connectivity index (χ1) is 16.1. The second-order valence-corrected chi connectivity index (χ2v) is 9.64. The van der Waals surface area contributed by atoms with E-state index in [1.54, 1.807) is 0 Å². The molecule has 0 unspecified atom stereocenters. The van der Waals surface area contributed by atoms with Crippen molar-refractivity contribution >= 4 is 28.6 Å². The van der Waals surface area contributed by atoms with Crippen LogP contribution in [0.1, 0.15) is 43.7 Å². The smallest absolute Gasteiger partial charge is 0.339 e. The molecule has 7 heteroatoms. The number of fused-ring (bicyclic) bond motifs is 1. The van der Waals surface area contributed by atoms with Crippen LogP contribution in [-0.2, 0) is 14.3 Å². The molecule has 0 fully saturated rings. The lowest BCUT2D eigenvalue weighted by molar-refractivity contribution is -0.164. The van der Waals surface area contributed by atoms with Gasteiger partial charge in [0.1, 0.15) is 5.69 Å². The summed E-state index contributed by atoms with van der Waals surface area (Å²) < 4.78 is 11.4. The van der Waals surface area contributed by atoms with Gasteiger partial charge in [0.2, 0.25) is 0 Å². The Balaban J connectivity index is 2.02. The Bertz CT molecular complexity index is 1320. The Kier molecular flexibility index (Phi) is 6.47. The van der Waals surface area contributed by atoms with Crippen molar-refractivity contribution in [2.24, 2.45) is 0 Å². The van der Waals surface area contributed by atoms with Gasteiger partial charge in [-0.3, -0.25) is 0 Å². The van der Waals surface area contributed by atoms with Crippen molar-refractivity contribution in [2.45, 2.75) is 46.3 Å². The summed E-state index contributed by atoms with van der Waals surface area (Å²) in [6.45, 7) is 9.58. The van der Waals surface area contributed by atoms with Crippen LogP contribution < -0.4 is 0 Å². The fraction of sp³-hybridized carbons (Fsp3) is 0.296. The molecule has 0 amide bonds. The molecule has 34 heavy (non-hydrogen) atoms. The zero-order valence-corrected chi connectivity index (χ0v) is 20.9. The number of hydrogen-bond donors (Lipinski definition) is 1. The molecule has 2 heterocycles. The number of aryl methyl sites for hydroxylation is 1. The first kappa shape index (κ1) is 23.9. The number of ether oxygens (including phenoxy) is 2. The average Bonchev–Trinajstić information content (AvgIpc) is 3.22. The number of para-hydroxylation sites is 2. The molecule has 4 aromatic rings. The number of imidazole rings is 1. The van der Waals surface area contributed by atoms with Gasteiger partial charge in [-0.05, 0) is 75.6 Å². The largest absolute Gasteiger partial charge is 0.467 e. The van der Waals surface area contributed by atoms with Crippen molar-refractivity contribution in [2.75, 3.05) is 7.11 Å². The van der Waals surface area contributed by atoms with E-state index in [-0.39, 0.29) is 0 Å². The highest BCUT2D eigenvalue weighted by Crippen LogP contribution is 2.40. The van der Waals surface area contributed by atoms with Crippen molar-refractivity contribution in [3.63, 3.8) is 0 Å². The minimum absolute atomic E-state index is 0.481. The molecule has 1 atom stereocenters. The zero-order valence-electron chi connectivity index (χ0n) is 20.2. The number of methoxy groups -OCH3 is 1. The predicted molar refractivity (Wildman–Crippen MR) is 135 cm³/mol. The maximum absolute atomic E-state index is 12.9. The van der Waals surface area contributed by atoms with Crippen LogP contribution in [0.2, 0.25) is 5.02 Å². The van der Waals surface area contributed by atoms with Gasteiger partial charge >= 0.3 is 5.97 Å². The summed E-state index contributed by atoms with van der Waals surface area (Å²) in [6, 6.07) is 15.4. The molecule has 0 saturated carbocycles. The number of esters is 1. The van der Waals surface area contributed by atoms with Crippen molar-refractivity contribution in [3.8, 4) is 22.6 Å². The van der Waals surface area contributed by atoms with Crippen LogP contribution in [-0.4, -0.2) is 33.6 Å². The number of nitrogens with zero attached hydrogens (tertiary/aromatic N) is 2. The van der Waals surface area contributed by atoms with E-state index in [9.17, 15) is 4.79 Å². The standard InChI is InChI=1S/C27H28ClN3O3/c1-15-21(17-11-13-18(28)14-12-17)22(24(26(32)33-6)34-27(3,4)5)16(2)29-23(15)25-30-19-9-7-8-10-20(19)31-25/h7-14,24H,1-6H3,(H,30,31)/t24-/m0/s1. The topological polar surface area (TPSA) is 77.1 Å². The van der Waals surface area contributed by atoms with Crippen LogP contribution in [0.4, 0.5) is 0 Å². The lowest BCUT2D eigenvalue weighted by Gasteiger charge is -2.29. The van der Waals surface area contributed by atoms with Crippen molar-refractivity contribution in [3.05, 3.63) is 70.4 Å². The lowest BCUT2D eigenvalue weighted by atomic mass is 9.89. The number of hydrogen-bond acceptors (Lipinski definition) is 5. The number of pyridine rings is 1. The number of halogens is 1. The van der Waals surface area contributed by atoms with Crippen molar-refractivity contribution in [1.82, 2.24) is 15.0 Å². The molecule has 0 spiro atoms. The number of aromatic amines is 1. The number of benzene rings is 2. The van der Waals surface area contributed by atoms with Crippen LogP contribution in [0.25, 0.3) is 33.7 Å². The molecule has 0 aliphatic rings. The van der Waals surface area contributed by atoms with Gasteiger partial charge < -0.3 is 14.5 Å². The molecule has 0 radical (unpaired) electrons. The number of rotatable bonds is 5. The number of nitrogens with one attached hydrogen (secondary N) is 1. The second kappa shape index (κ2) is 9.20. The third-order valence-electron chi connectivity index (χ3n) is 5.56. The molecular weight excluding hydrogens is 450 g/mol. The monoisotopic (exact) mass is 477 g/mol. The fourth-order valence-electron chi connectivity index (χ4n) is 4.10. The van der Waals surface area contributed by atoms with Gasteiger partial charge in [-0.15, -0.1) is 0 Å². The van der Waals surface area contributed by atoms with Gasteiger partial charge in [0.15, 0.2) is 11.9 Å². The van der Waals surface area contributed by atoms with Gasteiger partial charge in [0.25, 0.3) is 0 Å². The maximum atomic E-state index is 12.9. The Hall–Kier alpha value is -3.22. The molecule has 0 saturated heterocycles.